The number of hydrogen-bond acceptors (Lipinski definition) is 8. The van der Waals surface area contributed by atoms with E-state index in [0.717, 1.165) is 57.5 Å². The number of morpholine rings is 1. The first kappa shape index (κ1) is 26.7. The van der Waals surface area contributed by atoms with Gasteiger partial charge in [-0.05, 0) is 58.0 Å². The largest absolute Gasteiger partial charge is 0.371 e. The predicted molar refractivity (Wildman–Crippen MR) is 149 cm³/mol. The number of likely N-dealkylation sites (N-methyl/N-ethyl adjacent to an activating group) is 1. The van der Waals surface area contributed by atoms with Crippen LogP contribution >= 0.6 is 0 Å². The monoisotopic (exact) mass is 548 g/mol. The minimum atomic E-state index is -0.642. The van der Waals surface area contributed by atoms with E-state index in [2.05, 4.69) is 42.1 Å². The van der Waals surface area contributed by atoms with Crippen LogP contribution in [0.15, 0.2) is 36.7 Å². The Morgan fingerprint density at radius 2 is 1.90 bits per heavy atom. The number of pyridine rings is 1. The number of fused-ring (bicyclic) bond motifs is 1. The van der Waals surface area contributed by atoms with Gasteiger partial charge in [0.15, 0.2) is 11.6 Å². The lowest BCUT2D eigenvalue weighted by Gasteiger charge is -2.40. The van der Waals surface area contributed by atoms with Gasteiger partial charge in [-0.15, -0.1) is 0 Å². The summed E-state index contributed by atoms with van der Waals surface area (Å²) in [5, 5.41) is 3.05. The highest BCUT2D eigenvalue weighted by Gasteiger charge is 2.41. The number of nitrogens with one attached hydrogen (secondary N) is 1. The maximum Gasteiger partial charge on any atom is 0.229 e. The summed E-state index contributed by atoms with van der Waals surface area (Å²) in [4.78, 5) is 22.1. The van der Waals surface area contributed by atoms with Gasteiger partial charge in [0.1, 0.15) is 22.9 Å². The Balaban J connectivity index is 1.19. The number of likely N-dealkylation sites (tertiary alicyclic amines) is 1. The second-order valence-corrected chi connectivity index (χ2v) is 11.2. The smallest absolute Gasteiger partial charge is 0.229 e. The van der Waals surface area contributed by atoms with Crippen molar-refractivity contribution >= 4 is 22.8 Å². The lowest BCUT2D eigenvalue weighted by molar-refractivity contribution is -0.102. The van der Waals surface area contributed by atoms with Gasteiger partial charge in [-0.2, -0.15) is 0 Å². The summed E-state index contributed by atoms with van der Waals surface area (Å²) in [6.45, 7) is 11.2. The van der Waals surface area contributed by atoms with E-state index in [9.17, 15) is 8.78 Å². The van der Waals surface area contributed by atoms with Crippen LogP contribution in [0.4, 0.5) is 20.5 Å². The van der Waals surface area contributed by atoms with Gasteiger partial charge in [-0.25, -0.2) is 28.7 Å². The maximum atomic E-state index is 15.0. The summed E-state index contributed by atoms with van der Waals surface area (Å²) in [6.07, 6.45) is 3.97. The van der Waals surface area contributed by atoms with Crippen LogP contribution in [0.5, 0.6) is 0 Å². The zero-order valence-electron chi connectivity index (χ0n) is 23.3. The van der Waals surface area contributed by atoms with Crippen LogP contribution in [0.3, 0.4) is 0 Å². The number of ether oxygens (including phenoxy) is 1. The van der Waals surface area contributed by atoms with Crippen molar-refractivity contribution in [3.05, 3.63) is 59.7 Å². The molecule has 0 bridgehead atoms. The highest BCUT2D eigenvalue weighted by Crippen LogP contribution is 2.31. The third-order valence-electron chi connectivity index (χ3n) is 7.76. The first-order chi connectivity index (χ1) is 19.2. The number of imidazole rings is 1. The molecule has 9 nitrogen and oxygen atoms in total. The zero-order chi connectivity index (χ0) is 28.0. The molecule has 1 atom stereocenters. The number of rotatable bonds is 6. The average molecular weight is 549 g/mol. The molecule has 0 unspecified atom stereocenters. The van der Waals surface area contributed by atoms with Gasteiger partial charge in [-0.1, -0.05) is 6.07 Å². The van der Waals surface area contributed by atoms with Crippen molar-refractivity contribution in [3.8, 4) is 11.3 Å². The van der Waals surface area contributed by atoms with Crippen molar-refractivity contribution in [2.24, 2.45) is 0 Å². The summed E-state index contributed by atoms with van der Waals surface area (Å²) in [6, 6.07) is 6.93. The maximum absolute atomic E-state index is 15.0. The first-order valence-corrected chi connectivity index (χ1v) is 13.7. The summed E-state index contributed by atoms with van der Waals surface area (Å²) >= 11 is 0. The molecule has 2 aliphatic heterocycles. The standard InChI is InChI=1S/C29H34F2N8O/c1-18(2)39-19(3)34-27-22(30)11-21(12-24(27)39)26-23(31)14-33-28(36-26)35-25-6-5-20(13-32-25)15-38-9-10-40-29(17-38)7-8-37(4)16-29/h5-6,11-14,18H,7-10,15-17H2,1-4H3,(H,32,33,35,36)/t29-/m1/s1. The molecule has 0 radical (unpaired) electrons. The van der Waals surface area contributed by atoms with Crippen molar-refractivity contribution in [2.45, 2.75) is 45.4 Å². The summed E-state index contributed by atoms with van der Waals surface area (Å²) < 4.78 is 38.0. The third-order valence-corrected chi connectivity index (χ3v) is 7.76. The molecule has 0 amide bonds. The number of halogens is 2. The van der Waals surface area contributed by atoms with Crippen molar-refractivity contribution in [3.63, 3.8) is 0 Å². The molecule has 3 aromatic heterocycles. The van der Waals surface area contributed by atoms with E-state index in [1.165, 1.54) is 6.07 Å². The molecule has 40 heavy (non-hydrogen) atoms. The van der Waals surface area contributed by atoms with E-state index in [-0.39, 0.29) is 28.8 Å². The third kappa shape index (κ3) is 5.16. The number of hydrogen-bond donors (Lipinski definition) is 1. The van der Waals surface area contributed by atoms with Gasteiger partial charge in [0.2, 0.25) is 5.95 Å². The molecule has 0 saturated carbocycles. The summed E-state index contributed by atoms with van der Waals surface area (Å²) in [7, 11) is 2.14. The molecular weight excluding hydrogens is 514 g/mol. The Morgan fingerprint density at radius 3 is 2.62 bits per heavy atom. The fraction of sp³-hybridized carbons (Fsp3) is 0.448. The van der Waals surface area contributed by atoms with E-state index >= 15 is 0 Å². The molecule has 4 aromatic rings. The second kappa shape index (κ2) is 10.5. The number of anilines is 2. The molecule has 6 rings (SSSR count). The molecule has 5 heterocycles. The number of nitrogens with zero attached hydrogens (tertiary/aromatic N) is 7. The highest BCUT2D eigenvalue weighted by atomic mass is 19.1. The summed E-state index contributed by atoms with van der Waals surface area (Å²) in [5.74, 6) is 0.237. The van der Waals surface area contributed by atoms with Crippen LogP contribution in [0.1, 0.15) is 37.7 Å². The van der Waals surface area contributed by atoms with Gasteiger partial charge in [0.25, 0.3) is 0 Å². The molecular formula is C29H34F2N8O. The molecule has 1 aromatic carbocycles. The fourth-order valence-electron chi connectivity index (χ4n) is 6.00. The number of benzene rings is 1. The molecule has 2 aliphatic rings. The van der Waals surface area contributed by atoms with E-state index in [4.69, 9.17) is 4.74 Å². The quantitative estimate of drug-likeness (QED) is 0.371. The van der Waals surface area contributed by atoms with Crippen LogP contribution in [0, 0.1) is 18.6 Å². The predicted octanol–water partition coefficient (Wildman–Crippen LogP) is 4.71. The SMILES string of the molecule is Cc1nc2c(F)cc(-c3nc(Nc4ccc(CN5CCO[C@@]6(CCN(C)C6)C5)cn4)ncc3F)cc2n1C(C)C. The van der Waals surface area contributed by atoms with Gasteiger partial charge in [0, 0.05) is 50.5 Å². The minimum Gasteiger partial charge on any atom is -0.371 e. The fourth-order valence-corrected chi connectivity index (χ4v) is 6.00. The lowest BCUT2D eigenvalue weighted by Crippen LogP contribution is -2.52. The lowest BCUT2D eigenvalue weighted by atomic mass is 10.0. The van der Waals surface area contributed by atoms with E-state index < -0.39 is 11.6 Å². The van der Waals surface area contributed by atoms with Crippen LogP contribution in [0.2, 0.25) is 0 Å². The highest BCUT2D eigenvalue weighted by molar-refractivity contribution is 5.83. The normalized spacial score (nSPS) is 20.3. The first-order valence-electron chi connectivity index (χ1n) is 13.7. The van der Waals surface area contributed by atoms with Crippen LogP contribution in [0.25, 0.3) is 22.3 Å². The minimum absolute atomic E-state index is 0.00267. The van der Waals surface area contributed by atoms with Crippen molar-refractivity contribution in [1.82, 2.24) is 34.3 Å². The Kier molecular flexibility index (Phi) is 6.97. The second-order valence-electron chi connectivity index (χ2n) is 11.2. The van der Waals surface area contributed by atoms with Crippen LogP contribution in [-0.4, -0.2) is 79.7 Å². The van der Waals surface area contributed by atoms with Crippen LogP contribution < -0.4 is 5.32 Å². The molecule has 1 N–H and O–H groups in total. The number of aryl methyl sites for hydroxylation is 1. The van der Waals surface area contributed by atoms with Crippen molar-refractivity contribution in [2.75, 3.05) is 45.2 Å². The summed E-state index contributed by atoms with van der Waals surface area (Å²) in [5.41, 5.74) is 2.20. The Labute approximate surface area is 232 Å². The van der Waals surface area contributed by atoms with Crippen molar-refractivity contribution in [1.29, 1.82) is 0 Å². The van der Waals surface area contributed by atoms with E-state index in [1.54, 1.807) is 6.07 Å². The topological polar surface area (TPSA) is 84.2 Å². The van der Waals surface area contributed by atoms with Gasteiger partial charge in [-0.3, -0.25) is 4.90 Å². The number of aromatic nitrogens is 5. The van der Waals surface area contributed by atoms with Gasteiger partial charge >= 0.3 is 0 Å². The van der Waals surface area contributed by atoms with E-state index in [0.29, 0.717) is 22.7 Å². The molecule has 0 aliphatic carbocycles. The molecule has 210 valence electrons. The molecule has 11 heteroatoms. The van der Waals surface area contributed by atoms with Gasteiger partial charge < -0.3 is 19.5 Å². The average Bonchev–Trinajstić information content (AvgIpc) is 3.45. The Bertz CT molecular complexity index is 1540. The van der Waals surface area contributed by atoms with Crippen LogP contribution in [-0.2, 0) is 11.3 Å². The van der Waals surface area contributed by atoms with Crippen molar-refractivity contribution < 1.29 is 13.5 Å². The Hall–Kier alpha value is -3.54. The molecule has 2 saturated heterocycles. The molecule has 1 spiro atoms. The molecule has 2 fully saturated rings. The van der Waals surface area contributed by atoms with E-state index in [1.807, 2.05) is 43.7 Å². The zero-order valence-corrected chi connectivity index (χ0v) is 23.3. The van der Waals surface area contributed by atoms with Gasteiger partial charge in [0.05, 0.1) is 23.9 Å². The Morgan fingerprint density at radius 1 is 1.05 bits per heavy atom.